The summed E-state index contributed by atoms with van der Waals surface area (Å²) in [6.07, 6.45) is 82.6. The lowest BCUT2D eigenvalue weighted by Crippen LogP contribution is -2.45. The first-order chi connectivity index (χ1) is 38.0. The number of allylic oxidation sites excluding steroid dienone is 2. The highest BCUT2D eigenvalue weighted by Gasteiger charge is 2.20. The van der Waals surface area contributed by atoms with Crippen LogP contribution < -0.4 is 5.32 Å². The topological polar surface area (TPSA) is 95.9 Å². The van der Waals surface area contributed by atoms with E-state index in [4.69, 9.17) is 4.74 Å². The summed E-state index contributed by atoms with van der Waals surface area (Å²) in [5.41, 5.74) is 0. The zero-order valence-corrected chi connectivity index (χ0v) is 52.5. The molecule has 0 aliphatic heterocycles. The molecule has 0 aromatic heterocycles. The van der Waals surface area contributed by atoms with E-state index in [-0.39, 0.29) is 18.5 Å². The molecular weight excluding hydrogens is 947 g/mol. The molecule has 77 heavy (non-hydrogen) atoms. The largest absolute Gasteiger partial charge is 0.466 e. The van der Waals surface area contributed by atoms with Gasteiger partial charge < -0.3 is 20.3 Å². The van der Waals surface area contributed by atoms with E-state index >= 15 is 0 Å². The predicted octanol–water partition coefficient (Wildman–Crippen LogP) is 22.8. The monoisotopic (exact) mass is 1090 g/mol. The van der Waals surface area contributed by atoms with E-state index < -0.39 is 12.1 Å². The summed E-state index contributed by atoms with van der Waals surface area (Å²) in [6, 6.07) is -0.541. The van der Waals surface area contributed by atoms with Crippen LogP contribution in [0.15, 0.2) is 12.2 Å². The zero-order chi connectivity index (χ0) is 55.7. The molecule has 2 unspecified atom stereocenters. The van der Waals surface area contributed by atoms with Crippen LogP contribution in [-0.2, 0) is 14.3 Å². The minimum absolute atomic E-state index is 0.0184. The Balaban J connectivity index is 3.37. The van der Waals surface area contributed by atoms with Gasteiger partial charge in [-0.1, -0.05) is 353 Å². The molecular formula is C71H139NO5. The molecule has 458 valence electrons. The van der Waals surface area contributed by atoms with Crippen molar-refractivity contribution in [1.82, 2.24) is 5.32 Å². The Bertz CT molecular complexity index is 1160. The van der Waals surface area contributed by atoms with Gasteiger partial charge in [-0.05, 0) is 51.4 Å². The number of rotatable bonds is 67. The molecule has 0 spiro atoms. The van der Waals surface area contributed by atoms with Gasteiger partial charge in [0.25, 0.3) is 0 Å². The van der Waals surface area contributed by atoms with Crippen LogP contribution >= 0.6 is 0 Å². The van der Waals surface area contributed by atoms with E-state index in [1.165, 1.54) is 334 Å². The second kappa shape index (κ2) is 67.1. The SMILES string of the molecule is CCCCCCCCCCCCCCCCCCCCCC(O)C(CO)NC(=O)CCCCCCCCCCCCCC/C=C\CCCCCCCCCCCCCCOC(=O)CCCCCCCCCCCCCCC. The fraction of sp³-hybridized carbons (Fsp3) is 0.944. The quantitative estimate of drug-likeness (QED) is 0.0320. The number of amides is 1. The maximum Gasteiger partial charge on any atom is 0.305 e. The summed E-state index contributed by atoms with van der Waals surface area (Å²) in [7, 11) is 0. The second-order valence-electron chi connectivity index (χ2n) is 24.6. The fourth-order valence-electron chi connectivity index (χ4n) is 11.4. The number of hydrogen-bond acceptors (Lipinski definition) is 5. The summed E-state index contributed by atoms with van der Waals surface area (Å²) >= 11 is 0. The van der Waals surface area contributed by atoms with E-state index in [2.05, 4.69) is 31.3 Å². The van der Waals surface area contributed by atoms with E-state index in [1.807, 2.05) is 0 Å². The number of unbranched alkanes of at least 4 members (excludes halogenated alkanes) is 54. The van der Waals surface area contributed by atoms with Gasteiger partial charge in [-0.2, -0.15) is 0 Å². The molecule has 0 saturated heterocycles. The third kappa shape index (κ3) is 63.6. The number of esters is 1. The molecule has 1 amide bonds. The van der Waals surface area contributed by atoms with Crippen LogP contribution in [-0.4, -0.2) is 47.4 Å². The van der Waals surface area contributed by atoms with E-state index in [0.29, 0.717) is 25.9 Å². The van der Waals surface area contributed by atoms with Gasteiger partial charge in [0.1, 0.15) is 0 Å². The Kier molecular flexibility index (Phi) is 65.9. The average Bonchev–Trinajstić information content (AvgIpc) is 3.43. The summed E-state index contributed by atoms with van der Waals surface area (Å²) in [6.45, 7) is 5.00. The standard InChI is InChI=1S/C71H139NO5/c1-3-5-7-9-11-13-15-17-18-19-30-33-36-40-43-47-51-55-59-63-69(74)68(67-73)72-70(75)64-60-56-52-48-44-41-37-34-31-28-26-24-22-20-21-23-25-27-29-32-35-38-42-46-50-54-58-62-66-77-71(76)65-61-57-53-49-45-39-16-14-12-10-8-6-4-2/h20-21,68-69,73-74H,3-19,22-67H2,1-2H3,(H,72,75)/b21-20-. The Morgan fingerprint density at radius 3 is 0.922 bits per heavy atom. The summed E-state index contributed by atoms with van der Waals surface area (Å²) in [5.74, 6) is -0.0120. The lowest BCUT2D eigenvalue weighted by Gasteiger charge is -2.22. The zero-order valence-electron chi connectivity index (χ0n) is 52.5. The highest BCUT2D eigenvalue weighted by atomic mass is 16.5. The minimum Gasteiger partial charge on any atom is -0.466 e. The average molecular weight is 1090 g/mol. The van der Waals surface area contributed by atoms with Crippen LogP contribution in [0, 0.1) is 0 Å². The smallest absolute Gasteiger partial charge is 0.305 e. The third-order valence-corrected chi connectivity index (χ3v) is 16.8. The molecule has 0 heterocycles. The molecule has 2 atom stereocenters. The summed E-state index contributed by atoms with van der Waals surface area (Å²) in [5, 5.41) is 23.4. The number of aliphatic hydroxyl groups excluding tert-OH is 2. The summed E-state index contributed by atoms with van der Waals surface area (Å²) < 4.78 is 5.49. The van der Waals surface area contributed by atoms with Crippen molar-refractivity contribution >= 4 is 11.9 Å². The van der Waals surface area contributed by atoms with Crippen LogP contribution in [0.25, 0.3) is 0 Å². The molecule has 0 aromatic rings. The molecule has 0 bridgehead atoms. The molecule has 0 aliphatic carbocycles. The van der Waals surface area contributed by atoms with Crippen molar-refractivity contribution in [3.8, 4) is 0 Å². The van der Waals surface area contributed by atoms with Crippen molar-refractivity contribution < 1.29 is 24.5 Å². The number of nitrogens with one attached hydrogen (secondary N) is 1. The predicted molar refractivity (Wildman–Crippen MR) is 338 cm³/mol. The Hall–Kier alpha value is -1.40. The number of hydrogen-bond donors (Lipinski definition) is 3. The molecule has 0 fully saturated rings. The van der Waals surface area contributed by atoms with Gasteiger partial charge in [-0.25, -0.2) is 0 Å². The van der Waals surface area contributed by atoms with Gasteiger partial charge >= 0.3 is 5.97 Å². The highest BCUT2D eigenvalue weighted by Crippen LogP contribution is 2.19. The van der Waals surface area contributed by atoms with Gasteiger partial charge in [0.2, 0.25) is 5.91 Å². The molecule has 3 N–H and O–H groups in total. The maximum atomic E-state index is 12.5. The van der Waals surface area contributed by atoms with Crippen molar-refractivity contribution in [2.75, 3.05) is 13.2 Å². The van der Waals surface area contributed by atoms with Crippen molar-refractivity contribution in [3.63, 3.8) is 0 Å². The minimum atomic E-state index is -0.664. The van der Waals surface area contributed by atoms with Crippen molar-refractivity contribution in [2.45, 2.75) is 418 Å². The molecule has 0 radical (unpaired) electrons. The van der Waals surface area contributed by atoms with Gasteiger partial charge in [0.05, 0.1) is 25.4 Å². The van der Waals surface area contributed by atoms with E-state index in [1.54, 1.807) is 0 Å². The Morgan fingerprint density at radius 2 is 0.610 bits per heavy atom. The lowest BCUT2D eigenvalue weighted by atomic mass is 10.0. The van der Waals surface area contributed by atoms with Gasteiger partial charge in [0.15, 0.2) is 0 Å². The Labute approximate surface area is 482 Å². The lowest BCUT2D eigenvalue weighted by molar-refractivity contribution is -0.143. The molecule has 0 aliphatic rings. The fourth-order valence-corrected chi connectivity index (χ4v) is 11.4. The first-order valence-electron chi connectivity index (χ1n) is 35.4. The highest BCUT2D eigenvalue weighted by molar-refractivity contribution is 5.76. The van der Waals surface area contributed by atoms with Crippen molar-refractivity contribution in [2.24, 2.45) is 0 Å². The normalized spacial score (nSPS) is 12.5. The first-order valence-corrected chi connectivity index (χ1v) is 35.4. The van der Waals surface area contributed by atoms with Crippen molar-refractivity contribution in [1.29, 1.82) is 0 Å². The second-order valence-corrected chi connectivity index (χ2v) is 24.6. The number of ether oxygens (including phenoxy) is 1. The third-order valence-electron chi connectivity index (χ3n) is 16.8. The summed E-state index contributed by atoms with van der Waals surface area (Å²) in [4.78, 5) is 24.6. The van der Waals surface area contributed by atoms with Crippen molar-refractivity contribution in [3.05, 3.63) is 12.2 Å². The molecule has 6 nitrogen and oxygen atoms in total. The van der Waals surface area contributed by atoms with Crippen LogP contribution in [0.1, 0.15) is 406 Å². The maximum absolute atomic E-state index is 12.5. The number of aliphatic hydroxyl groups is 2. The molecule has 0 rings (SSSR count). The number of carbonyl (C=O) groups excluding carboxylic acids is 2. The molecule has 0 aromatic carbocycles. The molecule has 0 saturated carbocycles. The van der Waals surface area contributed by atoms with Gasteiger partial charge in [-0.15, -0.1) is 0 Å². The van der Waals surface area contributed by atoms with Crippen LogP contribution in [0.4, 0.5) is 0 Å². The van der Waals surface area contributed by atoms with Gasteiger partial charge in [0, 0.05) is 12.8 Å². The number of carbonyl (C=O) groups is 2. The van der Waals surface area contributed by atoms with E-state index in [0.717, 1.165) is 38.5 Å². The van der Waals surface area contributed by atoms with E-state index in [9.17, 15) is 19.8 Å². The first kappa shape index (κ1) is 75.6. The van der Waals surface area contributed by atoms with Crippen LogP contribution in [0.2, 0.25) is 0 Å². The van der Waals surface area contributed by atoms with Gasteiger partial charge in [-0.3, -0.25) is 9.59 Å². The Morgan fingerprint density at radius 1 is 0.351 bits per heavy atom. The van der Waals surface area contributed by atoms with Crippen LogP contribution in [0.3, 0.4) is 0 Å². The molecule has 6 heteroatoms. The van der Waals surface area contributed by atoms with Crippen LogP contribution in [0.5, 0.6) is 0 Å².